The molecule has 0 aliphatic carbocycles. The second kappa shape index (κ2) is 10.5. The van der Waals surface area contributed by atoms with E-state index >= 15 is 0 Å². The SMILES string of the molecule is Cc1cccc(COc2c(I)cc(/C=N\NC(=O)c3cccc(Br)c3)cc2I)c1. The Morgan fingerprint density at radius 3 is 2.52 bits per heavy atom. The van der Waals surface area contributed by atoms with Gasteiger partial charge in [0.15, 0.2) is 0 Å². The summed E-state index contributed by atoms with van der Waals surface area (Å²) in [6, 6.07) is 19.4. The lowest BCUT2D eigenvalue weighted by Crippen LogP contribution is -2.17. The molecule has 0 atom stereocenters. The smallest absolute Gasteiger partial charge is 0.271 e. The molecule has 0 spiro atoms. The standard InChI is InChI=1S/C22H17BrI2N2O2/c1-14-4-2-5-15(8-14)13-29-21-19(24)9-16(10-20(21)25)12-26-27-22(28)17-6-3-7-18(23)11-17/h2-12H,13H2,1H3,(H,27,28)/b26-12-. The zero-order valence-corrected chi connectivity index (χ0v) is 21.4. The number of rotatable bonds is 6. The zero-order chi connectivity index (χ0) is 20.8. The van der Waals surface area contributed by atoms with Crippen molar-refractivity contribution >= 4 is 73.2 Å². The molecule has 7 heteroatoms. The molecule has 0 saturated heterocycles. The quantitative estimate of drug-likeness (QED) is 0.189. The summed E-state index contributed by atoms with van der Waals surface area (Å²) in [7, 11) is 0. The maximum atomic E-state index is 12.2. The number of hydrogen-bond donors (Lipinski definition) is 1. The van der Waals surface area contributed by atoms with E-state index in [1.165, 1.54) is 5.56 Å². The van der Waals surface area contributed by atoms with Crippen molar-refractivity contribution in [3.05, 3.63) is 94.5 Å². The average Bonchev–Trinajstić information content (AvgIpc) is 2.67. The van der Waals surface area contributed by atoms with E-state index in [-0.39, 0.29) is 5.91 Å². The molecule has 0 aliphatic rings. The lowest BCUT2D eigenvalue weighted by atomic mass is 10.1. The van der Waals surface area contributed by atoms with Gasteiger partial charge < -0.3 is 4.74 Å². The first kappa shape index (κ1) is 22.2. The summed E-state index contributed by atoms with van der Waals surface area (Å²) in [6.07, 6.45) is 1.63. The number of carbonyl (C=O) groups excluding carboxylic acids is 1. The van der Waals surface area contributed by atoms with Crippen LogP contribution in [0.1, 0.15) is 27.0 Å². The molecule has 0 saturated carbocycles. The van der Waals surface area contributed by atoms with E-state index in [2.05, 4.69) is 96.8 Å². The van der Waals surface area contributed by atoms with Crippen molar-refractivity contribution in [2.24, 2.45) is 5.10 Å². The Hall–Kier alpha value is -1.46. The largest absolute Gasteiger partial charge is 0.487 e. The van der Waals surface area contributed by atoms with Crippen LogP contribution in [0.15, 0.2) is 70.2 Å². The van der Waals surface area contributed by atoms with E-state index in [0.29, 0.717) is 12.2 Å². The molecular weight excluding hydrogens is 658 g/mol. The monoisotopic (exact) mass is 674 g/mol. The van der Waals surface area contributed by atoms with Gasteiger partial charge in [0.2, 0.25) is 0 Å². The minimum Gasteiger partial charge on any atom is -0.487 e. The van der Waals surface area contributed by atoms with E-state index in [4.69, 9.17) is 4.74 Å². The number of hydrogen-bond acceptors (Lipinski definition) is 3. The molecule has 3 rings (SSSR count). The third-order valence-electron chi connectivity index (χ3n) is 3.95. The molecule has 4 nitrogen and oxygen atoms in total. The molecule has 3 aromatic rings. The Bertz CT molecular complexity index is 1050. The van der Waals surface area contributed by atoms with Crippen LogP contribution in [0.25, 0.3) is 0 Å². The van der Waals surface area contributed by atoms with Gasteiger partial charge >= 0.3 is 0 Å². The number of ether oxygens (including phenoxy) is 1. The van der Waals surface area contributed by atoms with Gasteiger partial charge in [-0.2, -0.15) is 5.10 Å². The van der Waals surface area contributed by atoms with Crippen molar-refractivity contribution in [2.75, 3.05) is 0 Å². The van der Waals surface area contributed by atoms with E-state index in [1.807, 2.05) is 30.3 Å². The van der Waals surface area contributed by atoms with Crippen LogP contribution >= 0.6 is 61.1 Å². The molecule has 0 radical (unpaired) electrons. The number of hydrazone groups is 1. The van der Waals surface area contributed by atoms with Gasteiger partial charge in [-0.1, -0.05) is 51.8 Å². The van der Waals surface area contributed by atoms with Gasteiger partial charge in [0.05, 0.1) is 13.4 Å². The minimum absolute atomic E-state index is 0.259. The number of nitrogens with zero attached hydrogens (tertiary/aromatic N) is 1. The molecule has 1 amide bonds. The number of carbonyl (C=O) groups is 1. The third-order valence-corrected chi connectivity index (χ3v) is 6.05. The average molecular weight is 675 g/mol. The second-order valence-electron chi connectivity index (χ2n) is 6.30. The van der Waals surface area contributed by atoms with Gasteiger partial charge in [-0.3, -0.25) is 4.79 Å². The molecule has 0 aliphatic heterocycles. The first-order valence-corrected chi connectivity index (χ1v) is 11.6. The highest BCUT2D eigenvalue weighted by Crippen LogP contribution is 2.29. The fourth-order valence-corrected chi connectivity index (χ4v) is 5.14. The number of halogens is 3. The van der Waals surface area contributed by atoms with Gasteiger partial charge in [-0.05, 0) is 93.6 Å². The molecule has 0 bridgehead atoms. The van der Waals surface area contributed by atoms with Crippen LogP contribution in [0.2, 0.25) is 0 Å². The van der Waals surface area contributed by atoms with E-state index in [9.17, 15) is 4.79 Å². The van der Waals surface area contributed by atoms with Crippen LogP contribution in [-0.2, 0) is 6.61 Å². The Morgan fingerprint density at radius 2 is 1.83 bits per heavy atom. The fraction of sp³-hybridized carbons (Fsp3) is 0.0909. The second-order valence-corrected chi connectivity index (χ2v) is 9.54. The van der Waals surface area contributed by atoms with E-state index in [0.717, 1.165) is 28.5 Å². The van der Waals surface area contributed by atoms with Crippen molar-refractivity contribution in [3.8, 4) is 5.75 Å². The highest BCUT2D eigenvalue weighted by molar-refractivity contribution is 14.1. The maximum Gasteiger partial charge on any atom is 0.271 e. The summed E-state index contributed by atoms with van der Waals surface area (Å²) < 4.78 is 8.86. The summed E-state index contributed by atoms with van der Waals surface area (Å²) in [5.41, 5.74) is 6.33. The number of amides is 1. The predicted octanol–water partition coefficient (Wildman–Crippen LogP) is 6.31. The molecule has 148 valence electrons. The van der Waals surface area contributed by atoms with Crippen LogP contribution < -0.4 is 10.2 Å². The van der Waals surface area contributed by atoms with Gasteiger partial charge in [0.25, 0.3) is 5.91 Å². The number of benzene rings is 3. The summed E-state index contributed by atoms with van der Waals surface area (Å²) >= 11 is 7.87. The molecule has 0 fully saturated rings. The van der Waals surface area contributed by atoms with Gasteiger partial charge in [0, 0.05) is 10.0 Å². The summed E-state index contributed by atoms with van der Waals surface area (Å²) in [4.78, 5) is 12.2. The fourth-order valence-electron chi connectivity index (χ4n) is 2.61. The Kier molecular flexibility index (Phi) is 8.07. The number of aryl methyl sites for hydroxylation is 1. The number of nitrogens with one attached hydrogen (secondary N) is 1. The Balaban J connectivity index is 1.65. The molecule has 29 heavy (non-hydrogen) atoms. The maximum absolute atomic E-state index is 12.2. The zero-order valence-electron chi connectivity index (χ0n) is 15.5. The summed E-state index contributed by atoms with van der Waals surface area (Å²) in [5, 5.41) is 4.08. The minimum atomic E-state index is -0.259. The predicted molar refractivity (Wildman–Crippen MR) is 137 cm³/mol. The molecular formula is C22H17BrI2N2O2. The summed E-state index contributed by atoms with van der Waals surface area (Å²) in [6.45, 7) is 2.59. The lowest BCUT2D eigenvalue weighted by molar-refractivity contribution is 0.0955. The lowest BCUT2D eigenvalue weighted by Gasteiger charge is -2.12. The van der Waals surface area contributed by atoms with Gasteiger partial charge in [-0.25, -0.2) is 5.43 Å². The third kappa shape index (κ3) is 6.51. The van der Waals surface area contributed by atoms with Crippen LogP contribution in [0.3, 0.4) is 0 Å². The normalized spacial score (nSPS) is 10.9. The first-order valence-electron chi connectivity index (χ1n) is 8.69. The Labute approximate surface area is 205 Å². The van der Waals surface area contributed by atoms with Crippen molar-refractivity contribution in [2.45, 2.75) is 13.5 Å². The topological polar surface area (TPSA) is 50.7 Å². The van der Waals surface area contributed by atoms with Crippen LogP contribution in [0.5, 0.6) is 5.75 Å². The van der Waals surface area contributed by atoms with Crippen molar-refractivity contribution in [3.63, 3.8) is 0 Å². The highest BCUT2D eigenvalue weighted by atomic mass is 127. The molecule has 0 unspecified atom stereocenters. The van der Waals surface area contributed by atoms with E-state index in [1.54, 1.807) is 18.3 Å². The first-order chi connectivity index (χ1) is 13.9. The highest BCUT2D eigenvalue weighted by Gasteiger charge is 2.09. The molecule has 1 N–H and O–H groups in total. The molecule has 0 aromatic heterocycles. The van der Waals surface area contributed by atoms with E-state index < -0.39 is 0 Å². The van der Waals surface area contributed by atoms with Gasteiger partial charge in [0.1, 0.15) is 12.4 Å². The van der Waals surface area contributed by atoms with Crippen LogP contribution in [-0.4, -0.2) is 12.1 Å². The molecule has 3 aromatic carbocycles. The summed E-state index contributed by atoms with van der Waals surface area (Å²) in [5.74, 6) is 0.591. The van der Waals surface area contributed by atoms with Crippen molar-refractivity contribution < 1.29 is 9.53 Å². The van der Waals surface area contributed by atoms with Crippen molar-refractivity contribution in [1.82, 2.24) is 5.43 Å². The van der Waals surface area contributed by atoms with Gasteiger partial charge in [-0.15, -0.1) is 0 Å². The van der Waals surface area contributed by atoms with Crippen LogP contribution in [0, 0.1) is 14.1 Å². The van der Waals surface area contributed by atoms with Crippen molar-refractivity contribution in [1.29, 1.82) is 0 Å². The molecule has 0 heterocycles. The Morgan fingerprint density at radius 1 is 1.10 bits per heavy atom. The van der Waals surface area contributed by atoms with Crippen LogP contribution in [0.4, 0.5) is 0 Å².